The molecule has 3 aromatic carbocycles. The topological polar surface area (TPSA) is 140 Å². The Balaban J connectivity index is 1.49. The van der Waals surface area contributed by atoms with Crippen LogP contribution in [0.25, 0.3) is 11.5 Å². The Bertz CT molecular complexity index is 1330. The summed E-state index contributed by atoms with van der Waals surface area (Å²) in [6, 6.07) is 19.0. The van der Waals surface area contributed by atoms with E-state index in [1.165, 1.54) is 24.3 Å². The summed E-state index contributed by atoms with van der Waals surface area (Å²) < 4.78 is 5.45. The first-order valence-electron chi connectivity index (χ1n) is 9.77. The SMILES string of the molecule is Cc1ccc(C(=O)Nc2ccccc2C(=O)Nc2nnc(-c3ccc([N+](=O)[O-])cc3)o2)cc1. The van der Waals surface area contributed by atoms with Crippen molar-refractivity contribution in [1.82, 2.24) is 10.2 Å². The van der Waals surface area contributed by atoms with Crippen LogP contribution in [0.4, 0.5) is 17.4 Å². The summed E-state index contributed by atoms with van der Waals surface area (Å²) in [4.78, 5) is 35.6. The largest absolute Gasteiger partial charge is 0.403 e. The maximum Gasteiger partial charge on any atom is 0.322 e. The second kappa shape index (κ2) is 9.10. The Hall–Kier alpha value is -4.86. The minimum atomic E-state index is -0.561. The lowest BCUT2D eigenvalue weighted by molar-refractivity contribution is -0.384. The first kappa shape index (κ1) is 21.4. The molecule has 0 aliphatic carbocycles. The van der Waals surface area contributed by atoms with Crippen LogP contribution in [0.2, 0.25) is 0 Å². The van der Waals surface area contributed by atoms with Gasteiger partial charge in [0, 0.05) is 23.3 Å². The minimum Gasteiger partial charge on any atom is -0.403 e. The summed E-state index contributed by atoms with van der Waals surface area (Å²) in [7, 11) is 0. The van der Waals surface area contributed by atoms with Gasteiger partial charge in [-0.1, -0.05) is 34.9 Å². The molecule has 0 fully saturated rings. The number of nitro groups is 1. The number of para-hydroxylation sites is 1. The zero-order valence-corrected chi connectivity index (χ0v) is 17.3. The van der Waals surface area contributed by atoms with Gasteiger partial charge in [-0.05, 0) is 43.3 Å². The zero-order valence-electron chi connectivity index (χ0n) is 17.3. The number of nitro benzene ring substituents is 1. The lowest BCUT2D eigenvalue weighted by atomic mass is 10.1. The van der Waals surface area contributed by atoms with Gasteiger partial charge in [0.2, 0.25) is 5.89 Å². The highest BCUT2D eigenvalue weighted by atomic mass is 16.6. The number of hydrogen-bond acceptors (Lipinski definition) is 7. The Morgan fingerprint density at radius 1 is 0.879 bits per heavy atom. The van der Waals surface area contributed by atoms with Crippen molar-refractivity contribution < 1.29 is 18.9 Å². The smallest absolute Gasteiger partial charge is 0.322 e. The molecule has 10 nitrogen and oxygen atoms in total. The van der Waals surface area contributed by atoms with Crippen LogP contribution < -0.4 is 10.6 Å². The van der Waals surface area contributed by atoms with E-state index in [4.69, 9.17) is 4.42 Å². The van der Waals surface area contributed by atoms with Crippen molar-refractivity contribution in [2.24, 2.45) is 0 Å². The number of rotatable bonds is 6. The molecular formula is C23H17N5O5. The lowest BCUT2D eigenvalue weighted by Crippen LogP contribution is -2.18. The Morgan fingerprint density at radius 2 is 1.58 bits per heavy atom. The van der Waals surface area contributed by atoms with Crippen LogP contribution in [0.15, 0.2) is 77.2 Å². The van der Waals surface area contributed by atoms with Crippen molar-refractivity contribution in [3.63, 3.8) is 0 Å². The van der Waals surface area contributed by atoms with E-state index < -0.39 is 10.8 Å². The number of hydrogen-bond donors (Lipinski definition) is 2. The molecule has 10 heteroatoms. The summed E-state index contributed by atoms with van der Waals surface area (Å²) in [5, 5.41) is 23.7. The second-order valence-electron chi connectivity index (χ2n) is 7.04. The van der Waals surface area contributed by atoms with Gasteiger partial charge in [-0.3, -0.25) is 25.0 Å². The van der Waals surface area contributed by atoms with E-state index in [-0.39, 0.29) is 29.1 Å². The number of aromatic nitrogens is 2. The molecule has 2 amide bonds. The quantitative estimate of drug-likeness (QED) is 0.331. The number of carbonyl (C=O) groups excluding carboxylic acids is 2. The van der Waals surface area contributed by atoms with Crippen molar-refractivity contribution in [2.45, 2.75) is 6.92 Å². The fourth-order valence-electron chi connectivity index (χ4n) is 2.97. The molecule has 33 heavy (non-hydrogen) atoms. The summed E-state index contributed by atoms with van der Waals surface area (Å²) in [6.45, 7) is 1.92. The highest BCUT2D eigenvalue weighted by Crippen LogP contribution is 2.24. The predicted octanol–water partition coefficient (Wildman–Crippen LogP) is 4.46. The van der Waals surface area contributed by atoms with Crippen LogP contribution in [0, 0.1) is 17.0 Å². The number of aryl methyl sites for hydroxylation is 1. The molecule has 0 aliphatic rings. The fourth-order valence-corrected chi connectivity index (χ4v) is 2.97. The van der Waals surface area contributed by atoms with Gasteiger partial charge in [0.05, 0.1) is 16.2 Å². The van der Waals surface area contributed by atoms with Gasteiger partial charge in [-0.2, -0.15) is 0 Å². The number of non-ortho nitro benzene ring substituents is 1. The molecule has 0 unspecified atom stereocenters. The van der Waals surface area contributed by atoms with E-state index in [0.29, 0.717) is 16.8 Å². The molecule has 4 rings (SSSR count). The van der Waals surface area contributed by atoms with E-state index in [1.807, 2.05) is 19.1 Å². The molecule has 1 aromatic heterocycles. The number of nitrogens with zero attached hydrogens (tertiary/aromatic N) is 3. The van der Waals surface area contributed by atoms with Crippen LogP contribution >= 0.6 is 0 Å². The van der Waals surface area contributed by atoms with Gasteiger partial charge in [-0.25, -0.2) is 0 Å². The summed E-state index contributed by atoms with van der Waals surface area (Å²) >= 11 is 0. The molecule has 0 bridgehead atoms. The van der Waals surface area contributed by atoms with Crippen LogP contribution in [0.1, 0.15) is 26.3 Å². The van der Waals surface area contributed by atoms with Gasteiger partial charge in [-0.15, -0.1) is 5.10 Å². The van der Waals surface area contributed by atoms with Crippen molar-refractivity contribution in [1.29, 1.82) is 0 Å². The molecular weight excluding hydrogens is 426 g/mol. The predicted molar refractivity (Wildman–Crippen MR) is 120 cm³/mol. The summed E-state index contributed by atoms with van der Waals surface area (Å²) in [5.41, 5.74) is 2.39. The molecule has 0 saturated heterocycles. The molecule has 0 aliphatic heterocycles. The molecule has 164 valence electrons. The van der Waals surface area contributed by atoms with Crippen LogP contribution in [0.5, 0.6) is 0 Å². The van der Waals surface area contributed by atoms with Gasteiger partial charge in [0.15, 0.2) is 0 Å². The Labute approximate surface area is 187 Å². The number of carbonyl (C=O) groups is 2. The molecule has 0 spiro atoms. The van der Waals surface area contributed by atoms with Gasteiger partial charge in [0.1, 0.15) is 0 Å². The van der Waals surface area contributed by atoms with E-state index in [1.54, 1.807) is 36.4 Å². The van der Waals surface area contributed by atoms with Crippen molar-refractivity contribution in [3.8, 4) is 11.5 Å². The number of nitrogens with one attached hydrogen (secondary N) is 2. The molecule has 0 atom stereocenters. The standard InChI is InChI=1S/C23H17N5O5/c1-14-6-8-15(9-7-14)20(29)24-19-5-3-2-4-18(19)21(30)25-23-27-26-22(33-23)16-10-12-17(13-11-16)28(31)32/h2-13H,1H3,(H,24,29)(H,25,27,30). The monoisotopic (exact) mass is 443 g/mol. The second-order valence-corrected chi connectivity index (χ2v) is 7.04. The molecule has 0 saturated carbocycles. The first-order chi connectivity index (χ1) is 15.9. The Kier molecular flexibility index (Phi) is 5.90. The van der Waals surface area contributed by atoms with Gasteiger partial charge >= 0.3 is 6.01 Å². The third-order valence-corrected chi connectivity index (χ3v) is 4.70. The van der Waals surface area contributed by atoms with Crippen molar-refractivity contribution in [3.05, 3.63) is 99.6 Å². The minimum absolute atomic E-state index is 0.0731. The number of benzene rings is 3. The van der Waals surface area contributed by atoms with E-state index in [9.17, 15) is 19.7 Å². The van der Waals surface area contributed by atoms with Crippen molar-refractivity contribution >= 4 is 29.2 Å². The van der Waals surface area contributed by atoms with Crippen LogP contribution in [0.3, 0.4) is 0 Å². The first-order valence-corrected chi connectivity index (χ1v) is 9.77. The fraction of sp³-hybridized carbons (Fsp3) is 0.0435. The average Bonchev–Trinajstić information content (AvgIpc) is 3.28. The maximum atomic E-state index is 12.8. The molecule has 2 N–H and O–H groups in total. The number of anilines is 2. The third kappa shape index (κ3) is 4.90. The zero-order chi connectivity index (χ0) is 23.4. The van der Waals surface area contributed by atoms with Crippen molar-refractivity contribution in [2.75, 3.05) is 10.6 Å². The molecule has 4 aromatic rings. The highest BCUT2D eigenvalue weighted by molar-refractivity contribution is 6.12. The Morgan fingerprint density at radius 3 is 2.27 bits per heavy atom. The molecule has 1 heterocycles. The van der Waals surface area contributed by atoms with Crippen LogP contribution in [-0.4, -0.2) is 26.9 Å². The molecule has 0 radical (unpaired) electrons. The van der Waals surface area contributed by atoms with Gasteiger partial charge in [0.25, 0.3) is 17.5 Å². The maximum absolute atomic E-state index is 12.8. The number of amides is 2. The van der Waals surface area contributed by atoms with Crippen LogP contribution in [-0.2, 0) is 0 Å². The average molecular weight is 443 g/mol. The van der Waals surface area contributed by atoms with Gasteiger partial charge < -0.3 is 9.73 Å². The summed E-state index contributed by atoms with van der Waals surface area (Å²) in [5.74, 6) is -0.830. The normalized spacial score (nSPS) is 10.5. The lowest BCUT2D eigenvalue weighted by Gasteiger charge is -2.10. The van der Waals surface area contributed by atoms with E-state index in [2.05, 4.69) is 20.8 Å². The third-order valence-electron chi connectivity index (χ3n) is 4.70. The van der Waals surface area contributed by atoms with E-state index >= 15 is 0 Å². The van der Waals surface area contributed by atoms with E-state index in [0.717, 1.165) is 5.56 Å². The summed E-state index contributed by atoms with van der Waals surface area (Å²) in [6.07, 6.45) is 0. The highest BCUT2D eigenvalue weighted by Gasteiger charge is 2.17.